The molecule has 0 atom stereocenters. The van der Waals surface area contributed by atoms with Gasteiger partial charge in [-0.15, -0.1) is 0 Å². The van der Waals surface area contributed by atoms with Gasteiger partial charge >= 0.3 is 0 Å². The Balaban J connectivity index is 2.41. The quantitative estimate of drug-likeness (QED) is 0.757. The van der Waals surface area contributed by atoms with Gasteiger partial charge in [0.25, 0.3) is 0 Å². The van der Waals surface area contributed by atoms with Crippen molar-refractivity contribution in [3.63, 3.8) is 0 Å². The number of aromatic nitrogens is 1. The van der Waals surface area contributed by atoms with E-state index in [1.165, 1.54) is 0 Å². The predicted octanol–water partition coefficient (Wildman–Crippen LogP) is 2.39. The number of nitrogens with one attached hydrogen (secondary N) is 1. The molecule has 0 aromatic carbocycles. The van der Waals surface area contributed by atoms with Gasteiger partial charge in [-0.2, -0.15) is 0 Å². The molecular formula is C14H24N2O2. The van der Waals surface area contributed by atoms with Crippen molar-refractivity contribution in [2.75, 3.05) is 19.8 Å². The zero-order valence-corrected chi connectivity index (χ0v) is 11.8. The van der Waals surface area contributed by atoms with Crippen molar-refractivity contribution < 1.29 is 9.47 Å². The molecule has 4 heteroatoms. The molecule has 0 saturated carbocycles. The fourth-order valence-electron chi connectivity index (χ4n) is 1.34. The lowest BCUT2D eigenvalue weighted by atomic mass is 10.1. The fraction of sp³-hybridized carbons (Fsp3) is 0.643. The molecule has 0 radical (unpaired) electrons. The molecule has 1 N–H and O–H groups in total. The standard InChI is InChI=1S/C14H24N2O2/c1-5-17-9-10-18-13-8-6-7-12(16-13)11-15-14(2,3)4/h6-8,15H,5,9-11H2,1-4H3. The molecule has 1 heterocycles. The van der Waals surface area contributed by atoms with Crippen LogP contribution in [0.15, 0.2) is 18.2 Å². The first-order chi connectivity index (χ1) is 8.51. The number of ether oxygens (including phenoxy) is 2. The third kappa shape index (κ3) is 6.57. The number of hydrogen-bond donors (Lipinski definition) is 1. The van der Waals surface area contributed by atoms with Crippen LogP contribution < -0.4 is 10.1 Å². The molecule has 1 rings (SSSR count). The molecule has 0 aliphatic heterocycles. The molecule has 0 aliphatic carbocycles. The van der Waals surface area contributed by atoms with Crippen LogP contribution in [0.2, 0.25) is 0 Å². The smallest absolute Gasteiger partial charge is 0.213 e. The highest BCUT2D eigenvalue weighted by Crippen LogP contribution is 2.09. The SMILES string of the molecule is CCOCCOc1cccc(CNC(C)(C)C)n1. The first-order valence-electron chi connectivity index (χ1n) is 6.43. The highest BCUT2D eigenvalue weighted by atomic mass is 16.5. The number of pyridine rings is 1. The molecule has 102 valence electrons. The van der Waals surface area contributed by atoms with E-state index in [9.17, 15) is 0 Å². The van der Waals surface area contributed by atoms with E-state index in [2.05, 4.69) is 31.1 Å². The Morgan fingerprint density at radius 1 is 1.22 bits per heavy atom. The van der Waals surface area contributed by atoms with Crippen LogP contribution in [0.5, 0.6) is 5.88 Å². The summed E-state index contributed by atoms with van der Waals surface area (Å²) in [6.07, 6.45) is 0. The Morgan fingerprint density at radius 2 is 2.00 bits per heavy atom. The summed E-state index contributed by atoms with van der Waals surface area (Å²) >= 11 is 0. The summed E-state index contributed by atoms with van der Waals surface area (Å²) in [5, 5.41) is 3.40. The molecule has 0 bridgehead atoms. The Labute approximate surface area is 110 Å². The molecule has 0 saturated heterocycles. The highest BCUT2D eigenvalue weighted by molar-refractivity contribution is 5.15. The van der Waals surface area contributed by atoms with Gasteiger partial charge < -0.3 is 14.8 Å². The summed E-state index contributed by atoms with van der Waals surface area (Å²) in [6.45, 7) is 11.0. The summed E-state index contributed by atoms with van der Waals surface area (Å²) in [6, 6.07) is 5.82. The van der Waals surface area contributed by atoms with Crippen LogP contribution >= 0.6 is 0 Å². The first kappa shape index (κ1) is 14.9. The van der Waals surface area contributed by atoms with E-state index >= 15 is 0 Å². The maximum Gasteiger partial charge on any atom is 0.213 e. The van der Waals surface area contributed by atoms with E-state index in [1.54, 1.807) is 0 Å². The third-order valence-corrected chi connectivity index (χ3v) is 2.26. The third-order valence-electron chi connectivity index (χ3n) is 2.26. The lowest BCUT2D eigenvalue weighted by Gasteiger charge is -2.20. The van der Waals surface area contributed by atoms with Crippen LogP contribution in [0, 0.1) is 0 Å². The Morgan fingerprint density at radius 3 is 2.67 bits per heavy atom. The van der Waals surface area contributed by atoms with Gasteiger partial charge in [-0.3, -0.25) is 0 Å². The largest absolute Gasteiger partial charge is 0.475 e. The summed E-state index contributed by atoms with van der Waals surface area (Å²) in [4.78, 5) is 4.43. The average Bonchev–Trinajstić information content (AvgIpc) is 2.32. The van der Waals surface area contributed by atoms with Crippen molar-refractivity contribution in [1.29, 1.82) is 0 Å². The zero-order valence-electron chi connectivity index (χ0n) is 11.8. The molecular weight excluding hydrogens is 228 g/mol. The monoisotopic (exact) mass is 252 g/mol. The summed E-state index contributed by atoms with van der Waals surface area (Å²) < 4.78 is 10.7. The van der Waals surface area contributed by atoms with E-state index < -0.39 is 0 Å². The van der Waals surface area contributed by atoms with Crippen molar-refractivity contribution in [3.8, 4) is 5.88 Å². The van der Waals surface area contributed by atoms with Gasteiger partial charge in [0.2, 0.25) is 5.88 Å². The molecule has 0 unspecified atom stereocenters. The second-order valence-electron chi connectivity index (χ2n) is 5.12. The molecule has 0 fully saturated rings. The van der Waals surface area contributed by atoms with Crippen LogP contribution in [0.1, 0.15) is 33.4 Å². The molecule has 0 amide bonds. The van der Waals surface area contributed by atoms with Crippen molar-refractivity contribution in [2.24, 2.45) is 0 Å². The topological polar surface area (TPSA) is 43.4 Å². The molecule has 1 aromatic heterocycles. The van der Waals surface area contributed by atoms with Gasteiger partial charge in [0.1, 0.15) is 6.61 Å². The van der Waals surface area contributed by atoms with Crippen molar-refractivity contribution in [3.05, 3.63) is 23.9 Å². The average molecular weight is 252 g/mol. The molecule has 1 aromatic rings. The minimum absolute atomic E-state index is 0.0908. The van der Waals surface area contributed by atoms with E-state index in [4.69, 9.17) is 9.47 Å². The van der Waals surface area contributed by atoms with Gasteiger partial charge in [-0.1, -0.05) is 6.07 Å². The summed E-state index contributed by atoms with van der Waals surface area (Å²) in [7, 11) is 0. The highest BCUT2D eigenvalue weighted by Gasteiger charge is 2.09. The summed E-state index contributed by atoms with van der Waals surface area (Å²) in [5.74, 6) is 0.655. The molecule has 0 aliphatic rings. The van der Waals surface area contributed by atoms with Crippen LogP contribution in [0.4, 0.5) is 0 Å². The van der Waals surface area contributed by atoms with Crippen LogP contribution in [0.25, 0.3) is 0 Å². The lowest BCUT2D eigenvalue weighted by Crippen LogP contribution is -2.35. The first-order valence-corrected chi connectivity index (χ1v) is 6.43. The molecule has 4 nitrogen and oxygen atoms in total. The van der Waals surface area contributed by atoms with Crippen LogP contribution in [-0.4, -0.2) is 30.3 Å². The predicted molar refractivity (Wildman–Crippen MR) is 72.8 cm³/mol. The van der Waals surface area contributed by atoms with Gasteiger partial charge in [0.15, 0.2) is 0 Å². The lowest BCUT2D eigenvalue weighted by molar-refractivity contribution is 0.108. The van der Waals surface area contributed by atoms with E-state index in [1.807, 2.05) is 25.1 Å². The fourth-order valence-corrected chi connectivity index (χ4v) is 1.34. The maximum absolute atomic E-state index is 5.52. The zero-order chi connectivity index (χ0) is 13.4. The molecule has 0 spiro atoms. The van der Waals surface area contributed by atoms with Gasteiger partial charge in [0, 0.05) is 24.8 Å². The second-order valence-corrected chi connectivity index (χ2v) is 5.12. The van der Waals surface area contributed by atoms with Crippen molar-refractivity contribution in [2.45, 2.75) is 39.8 Å². The van der Waals surface area contributed by atoms with Gasteiger partial charge in [0.05, 0.1) is 12.3 Å². The Kier molecular flexibility index (Phi) is 6.09. The Hall–Kier alpha value is -1.13. The van der Waals surface area contributed by atoms with E-state index in [0.29, 0.717) is 25.7 Å². The van der Waals surface area contributed by atoms with Crippen molar-refractivity contribution >= 4 is 0 Å². The number of rotatable bonds is 7. The Bertz CT molecular complexity index is 348. The number of nitrogens with zero attached hydrogens (tertiary/aromatic N) is 1. The number of hydrogen-bond acceptors (Lipinski definition) is 4. The van der Waals surface area contributed by atoms with Gasteiger partial charge in [-0.05, 0) is 33.8 Å². The second kappa shape index (κ2) is 7.34. The van der Waals surface area contributed by atoms with Gasteiger partial charge in [-0.25, -0.2) is 4.98 Å². The van der Waals surface area contributed by atoms with E-state index in [-0.39, 0.29) is 5.54 Å². The minimum Gasteiger partial charge on any atom is -0.475 e. The van der Waals surface area contributed by atoms with Crippen molar-refractivity contribution in [1.82, 2.24) is 10.3 Å². The minimum atomic E-state index is 0.0908. The summed E-state index contributed by atoms with van der Waals surface area (Å²) in [5.41, 5.74) is 1.08. The maximum atomic E-state index is 5.52. The van der Waals surface area contributed by atoms with Crippen LogP contribution in [-0.2, 0) is 11.3 Å². The normalized spacial score (nSPS) is 11.6. The van der Waals surface area contributed by atoms with Crippen LogP contribution in [0.3, 0.4) is 0 Å². The van der Waals surface area contributed by atoms with E-state index in [0.717, 1.165) is 12.2 Å². The molecule has 18 heavy (non-hydrogen) atoms.